The predicted octanol–water partition coefficient (Wildman–Crippen LogP) is 2.16. The summed E-state index contributed by atoms with van der Waals surface area (Å²) >= 11 is 0. The van der Waals surface area contributed by atoms with Crippen LogP contribution in [0.15, 0.2) is 24.4 Å². The largest absolute Gasteiger partial charge is 0.507 e. The molecule has 0 atom stereocenters. The minimum atomic E-state index is 0.243. The number of anilines is 1. The first-order valence-corrected chi connectivity index (χ1v) is 5.67. The first kappa shape index (κ1) is 10.7. The molecule has 0 spiro atoms. The molecule has 0 saturated heterocycles. The fourth-order valence-electron chi connectivity index (χ4n) is 2.42. The van der Waals surface area contributed by atoms with Crippen molar-refractivity contribution in [2.24, 2.45) is 7.05 Å². The normalized spacial score (nSPS) is 11.2. The van der Waals surface area contributed by atoms with Gasteiger partial charge in [0.2, 0.25) is 0 Å². The van der Waals surface area contributed by atoms with E-state index in [-0.39, 0.29) is 5.75 Å². The summed E-state index contributed by atoms with van der Waals surface area (Å²) in [5.74, 6) is 0.243. The molecule has 0 aliphatic rings. The van der Waals surface area contributed by atoms with E-state index in [4.69, 9.17) is 5.73 Å². The molecule has 18 heavy (non-hydrogen) atoms. The number of nitrogens with one attached hydrogen (secondary N) is 1. The zero-order valence-electron chi connectivity index (χ0n) is 10.2. The highest BCUT2D eigenvalue weighted by Gasteiger charge is 2.18. The fourth-order valence-corrected chi connectivity index (χ4v) is 2.42. The van der Waals surface area contributed by atoms with Crippen LogP contribution in [-0.2, 0) is 7.05 Å². The van der Waals surface area contributed by atoms with Gasteiger partial charge in [-0.15, -0.1) is 0 Å². The molecule has 2 aromatic heterocycles. The highest BCUT2D eigenvalue weighted by molar-refractivity contribution is 6.02. The lowest BCUT2D eigenvalue weighted by Crippen LogP contribution is -1.96. The van der Waals surface area contributed by atoms with Crippen LogP contribution in [0, 0.1) is 6.92 Å². The summed E-state index contributed by atoms with van der Waals surface area (Å²) in [6.07, 6.45) is 1.62. The van der Waals surface area contributed by atoms with E-state index in [9.17, 15) is 5.11 Å². The van der Waals surface area contributed by atoms with Gasteiger partial charge in [0.15, 0.2) is 0 Å². The van der Waals surface area contributed by atoms with Gasteiger partial charge in [-0.25, -0.2) is 0 Å². The number of nitrogens with two attached hydrogens (primary N) is 1. The lowest BCUT2D eigenvalue weighted by Gasteiger charge is -2.05. The molecule has 0 bridgehead atoms. The third-order valence-electron chi connectivity index (χ3n) is 3.19. The van der Waals surface area contributed by atoms with Crippen LogP contribution in [0.5, 0.6) is 5.75 Å². The molecule has 1 aromatic carbocycles. The van der Waals surface area contributed by atoms with Gasteiger partial charge in [0.1, 0.15) is 5.75 Å². The Morgan fingerprint density at radius 3 is 2.83 bits per heavy atom. The molecule has 92 valence electrons. The molecule has 4 N–H and O–H groups in total. The molecule has 0 unspecified atom stereocenters. The van der Waals surface area contributed by atoms with Crippen LogP contribution in [-0.4, -0.2) is 19.9 Å². The Morgan fingerprint density at radius 2 is 2.17 bits per heavy atom. The average molecular weight is 242 g/mol. The molecular formula is C13H14N4O. The van der Waals surface area contributed by atoms with E-state index < -0.39 is 0 Å². The molecular weight excluding hydrogens is 228 g/mol. The van der Waals surface area contributed by atoms with Crippen molar-refractivity contribution in [2.45, 2.75) is 6.92 Å². The van der Waals surface area contributed by atoms with Gasteiger partial charge in [-0.1, -0.05) is 6.07 Å². The Bertz CT molecular complexity index is 719. The van der Waals surface area contributed by atoms with Crippen molar-refractivity contribution < 1.29 is 5.11 Å². The molecule has 0 radical (unpaired) electrons. The van der Waals surface area contributed by atoms with Crippen LogP contribution in [0.4, 0.5) is 5.69 Å². The molecule has 2 heterocycles. The zero-order chi connectivity index (χ0) is 12.9. The number of nitrogens with zero attached hydrogens (tertiary/aromatic N) is 2. The second kappa shape index (κ2) is 3.53. The molecule has 0 amide bonds. The van der Waals surface area contributed by atoms with Crippen LogP contribution < -0.4 is 5.73 Å². The monoisotopic (exact) mass is 242 g/mol. The van der Waals surface area contributed by atoms with Crippen molar-refractivity contribution in [1.29, 1.82) is 0 Å². The summed E-state index contributed by atoms with van der Waals surface area (Å²) in [5.41, 5.74) is 10.1. The Balaban J connectivity index is 2.46. The minimum absolute atomic E-state index is 0.243. The third kappa shape index (κ3) is 1.30. The lowest BCUT2D eigenvalue weighted by atomic mass is 10.1. The van der Waals surface area contributed by atoms with Gasteiger partial charge < -0.3 is 15.8 Å². The molecule has 3 aromatic rings. The van der Waals surface area contributed by atoms with E-state index in [1.807, 2.05) is 26.1 Å². The fraction of sp³-hybridized carbons (Fsp3) is 0.154. The van der Waals surface area contributed by atoms with Crippen molar-refractivity contribution in [1.82, 2.24) is 14.8 Å². The number of aromatic nitrogens is 3. The first-order chi connectivity index (χ1) is 8.59. The lowest BCUT2D eigenvalue weighted by molar-refractivity contribution is 0.482. The SMILES string of the molecule is Cc1[nH]c2cccc(O)c2c1-c1c(N)cnn1C. The van der Waals surface area contributed by atoms with Gasteiger partial charge in [-0.3, -0.25) is 4.68 Å². The number of fused-ring (bicyclic) bond motifs is 1. The summed E-state index contributed by atoms with van der Waals surface area (Å²) in [7, 11) is 1.84. The van der Waals surface area contributed by atoms with Gasteiger partial charge >= 0.3 is 0 Å². The minimum Gasteiger partial charge on any atom is -0.507 e. The predicted molar refractivity (Wildman–Crippen MR) is 71.3 cm³/mol. The van der Waals surface area contributed by atoms with E-state index in [1.54, 1.807) is 16.9 Å². The molecule has 0 aliphatic carbocycles. The summed E-state index contributed by atoms with van der Waals surface area (Å²) in [4.78, 5) is 3.25. The number of rotatable bonds is 1. The molecule has 5 heteroatoms. The maximum Gasteiger partial charge on any atom is 0.125 e. The maximum absolute atomic E-state index is 10.1. The Hall–Kier alpha value is -2.43. The molecule has 0 aliphatic heterocycles. The average Bonchev–Trinajstić information content (AvgIpc) is 2.80. The van der Waals surface area contributed by atoms with Crippen LogP contribution in [0.1, 0.15) is 5.69 Å². The van der Waals surface area contributed by atoms with Crippen molar-refractivity contribution >= 4 is 16.6 Å². The van der Waals surface area contributed by atoms with E-state index in [1.165, 1.54) is 0 Å². The summed E-state index contributed by atoms with van der Waals surface area (Å²) in [6.45, 7) is 1.96. The second-order valence-electron chi connectivity index (χ2n) is 4.40. The number of phenolic OH excluding ortho intramolecular Hbond substituents is 1. The van der Waals surface area contributed by atoms with Crippen LogP contribution in [0.3, 0.4) is 0 Å². The number of aromatic hydroxyl groups is 1. The van der Waals surface area contributed by atoms with E-state index in [0.717, 1.165) is 27.9 Å². The number of benzene rings is 1. The van der Waals surface area contributed by atoms with Gasteiger partial charge in [-0.05, 0) is 19.1 Å². The van der Waals surface area contributed by atoms with Crippen molar-refractivity contribution in [3.63, 3.8) is 0 Å². The number of hydrogen-bond acceptors (Lipinski definition) is 3. The second-order valence-corrected chi connectivity index (χ2v) is 4.40. The van der Waals surface area contributed by atoms with Crippen LogP contribution >= 0.6 is 0 Å². The number of nitrogen functional groups attached to an aromatic ring is 1. The number of aryl methyl sites for hydroxylation is 2. The van der Waals surface area contributed by atoms with E-state index in [2.05, 4.69) is 10.1 Å². The quantitative estimate of drug-likeness (QED) is 0.611. The first-order valence-electron chi connectivity index (χ1n) is 5.67. The third-order valence-corrected chi connectivity index (χ3v) is 3.19. The smallest absolute Gasteiger partial charge is 0.125 e. The van der Waals surface area contributed by atoms with Crippen molar-refractivity contribution in [3.05, 3.63) is 30.1 Å². The molecule has 0 saturated carbocycles. The molecule has 3 rings (SSSR count). The van der Waals surface area contributed by atoms with Gasteiger partial charge in [-0.2, -0.15) is 5.10 Å². The summed E-state index contributed by atoms with van der Waals surface area (Å²) < 4.78 is 1.72. The van der Waals surface area contributed by atoms with Crippen LogP contribution in [0.2, 0.25) is 0 Å². The standard InChI is InChI=1S/C13H14N4O/c1-7-11(13-8(14)6-15-17(13)2)12-9(16-7)4-3-5-10(12)18/h3-6,16,18H,14H2,1-2H3. The van der Waals surface area contributed by atoms with Gasteiger partial charge in [0.25, 0.3) is 0 Å². The van der Waals surface area contributed by atoms with Gasteiger partial charge in [0.05, 0.1) is 28.5 Å². The van der Waals surface area contributed by atoms with Crippen molar-refractivity contribution in [3.8, 4) is 17.0 Å². The Morgan fingerprint density at radius 1 is 1.39 bits per heavy atom. The van der Waals surface area contributed by atoms with Crippen molar-refractivity contribution in [2.75, 3.05) is 5.73 Å². The number of hydrogen-bond donors (Lipinski definition) is 3. The van der Waals surface area contributed by atoms with Gasteiger partial charge in [0, 0.05) is 18.3 Å². The summed E-state index contributed by atoms with van der Waals surface area (Å²) in [6, 6.07) is 5.41. The highest BCUT2D eigenvalue weighted by Crippen LogP contribution is 2.39. The number of aromatic amines is 1. The Kier molecular flexibility index (Phi) is 2.10. The topological polar surface area (TPSA) is 79.9 Å². The molecule has 0 fully saturated rings. The highest BCUT2D eigenvalue weighted by atomic mass is 16.3. The van der Waals surface area contributed by atoms with Crippen LogP contribution in [0.25, 0.3) is 22.2 Å². The molecule has 5 nitrogen and oxygen atoms in total. The Labute approximate surface area is 104 Å². The zero-order valence-corrected chi connectivity index (χ0v) is 10.2. The van der Waals surface area contributed by atoms with E-state index in [0.29, 0.717) is 5.69 Å². The number of phenols is 1. The maximum atomic E-state index is 10.1. The number of H-pyrrole nitrogens is 1. The van der Waals surface area contributed by atoms with E-state index >= 15 is 0 Å². The summed E-state index contributed by atoms with van der Waals surface area (Å²) in [5, 5.41) is 15.0.